The van der Waals surface area contributed by atoms with E-state index < -0.39 is 24.3 Å². The quantitative estimate of drug-likeness (QED) is 0.441. The molecule has 9 nitrogen and oxygen atoms in total. The minimum atomic E-state index is -1.19. The summed E-state index contributed by atoms with van der Waals surface area (Å²) < 4.78 is 10.3. The number of thiocarbonyl (C=S) groups is 1. The monoisotopic (exact) mass is 412 g/mol. The van der Waals surface area contributed by atoms with E-state index in [1.807, 2.05) is 0 Å². The maximum Gasteiger partial charge on any atom is 0.322 e. The van der Waals surface area contributed by atoms with Crippen LogP contribution in [0.15, 0.2) is 17.0 Å². The molecule has 0 bridgehead atoms. The summed E-state index contributed by atoms with van der Waals surface area (Å²) >= 11 is 6.13. The van der Waals surface area contributed by atoms with E-state index in [9.17, 15) is 19.5 Å². The Hall–Kier alpha value is -2.79. The fourth-order valence-electron chi connectivity index (χ4n) is 2.16. The number of methoxy groups -OCH3 is 2. The number of carbonyl (C=O) groups is 3. The number of carbonyl (C=O) groups excluding carboxylic acids is 2. The van der Waals surface area contributed by atoms with Crippen LogP contribution in [-0.2, 0) is 14.4 Å². The molecule has 0 radical (unpaired) electrons. The second-order valence-corrected chi connectivity index (χ2v) is 6.89. The van der Waals surface area contributed by atoms with E-state index in [2.05, 4.69) is 5.32 Å². The van der Waals surface area contributed by atoms with Gasteiger partial charge in [0, 0.05) is 0 Å². The van der Waals surface area contributed by atoms with Crippen molar-refractivity contribution in [2.24, 2.45) is 0 Å². The Labute approximate surface area is 163 Å². The van der Waals surface area contributed by atoms with Crippen molar-refractivity contribution in [1.82, 2.24) is 10.2 Å². The van der Waals surface area contributed by atoms with Crippen molar-refractivity contribution >= 4 is 52.2 Å². The van der Waals surface area contributed by atoms with Gasteiger partial charge in [-0.1, -0.05) is 24.0 Å². The molecule has 1 aromatic carbocycles. The van der Waals surface area contributed by atoms with Crippen molar-refractivity contribution in [2.45, 2.75) is 0 Å². The van der Waals surface area contributed by atoms with E-state index in [0.717, 1.165) is 16.7 Å². The van der Waals surface area contributed by atoms with Crippen molar-refractivity contribution in [1.29, 1.82) is 0 Å². The van der Waals surface area contributed by atoms with Gasteiger partial charge < -0.3 is 25.0 Å². The smallest absolute Gasteiger partial charge is 0.322 e. The third-order valence-electron chi connectivity index (χ3n) is 3.41. The molecule has 1 aromatic rings. The van der Waals surface area contributed by atoms with Gasteiger partial charge >= 0.3 is 5.97 Å². The number of aromatic hydroxyl groups is 1. The lowest BCUT2D eigenvalue weighted by Gasteiger charge is -2.13. The maximum atomic E-state index is 12.5. The molecular formula is C16H16N2O7S2. The third kappa shape index (κ3) is 4.89. The highest BCUT2D eigenvalue weighted by atomic mass is 32.2. The zero-order chi connectivity index (χ0) is 20.1. The number of phenols is 1. The summed E-state index contributed by atoms with van der Waals surface area (Å²) in [6, 6.07) is 3.04. The molecule has 2 amide bonds. The number of nitrogens with zero attached hydrogens (tertiary/aromatic N) is 1. The van der Waals surface area contributed by atoms with Gasteiger partial charge in [-0.15, -0.1) is 0 Å². The van der Waals surface area contributed by atoms with Crippen molar-refractivity contribution < 1.29 is 34.1 Å². The molecule has 144 valence electrons. The zero-order valence-electron chi connectivity index (χ0n) is 14.3. The van der Waals surface area contributed by atoms with Gasteiger partial charge in [0.15, 0.2) is 11.5 Å². The highest BCUT2D eigenvalue weighted by Crippen LogP contribution is 2.39. The number of carboxylic acid groups (broad SMARTS) is 1. The van der Waals surface area contributed by atoms with Crippen molar-refractivity contribution in [3.8, 4) is 17.2 Å². The molecule has 0 atom stereocenters. The predicted octanol–water partition coefficient (Wildman–Crippen LogP) is 0.811. The maximum absolute atomic E-state index is 12.5. The minimum absolute atomic E-state index is 0.167. The van der Waals surface area contributed by atoms with Gasteiger partial charge in [0.25, 0.3) is 5.91 Å². The molecule has 1 heterocycles. The fourth-order valence-corrected chi connectivity index (χ4v) is 3.41. The van der Waals surface area contributed by atoms with Crippen LogP contribution in [0.1, 0.15) is 5.56 Å². The van der Waals surface area contributed by atoms with Gasteiger partial charge in [0.1, 0.15) is 17.4 Å². The Morgan fingerprint density at radius 3 is 2.41 bits per heavy atom. The van der Waals surface area contributed by atoms with Crippen LogP contribution in [0.4, 0.5) is 0 Å². The molecule has 1 aliphatic heterocycles. The first-order valence-corrected chi connectivity index (χ1v) is 8.68. The van der Waals surface area contributed by atoms with Crippen LogP contribution < -0.4 is 14.8 Å². The van der Waals surface area contributed by atoms with Gasteiger partial charge in [-0.3, -0.25) is 19.3 Å². The van der Waals surface area contributed by atoms with Gasteiger partial charge in [-0.2, -0.15) is 0 Å². The summed E-state index contributed by atoms with van der Waals surface area (Å²) in [5, 5.41) is 20.7. The molecule has 2 rings (SSSR count). The lowest BCUT2D eigenvalue weighted by atomic mass is 10.1. The number of nitrogens with one attached hydrogen (secondary N) is 1. The van der Waals surface area contributed by atoms with Crippen molar-refractivity contribution in [3.63, 3.8) is 0 Å². The topological polar surface area (TPSA) is 125 Å². The van der Waals surface area contributed by atoms with Gasteiger partial charge in [0.05, 0.1) is 19.1 Å². The Morgan fingerprint density at radius 2 is 1.89 bits per heavy atom. The van der Waals surface area contributed by atoms with E-state index in [1.165, 1.54) is 32.4 Å². The molecule has 27 heavy (non-hydrogen) atoms. The average molecular weight is 412 g/mol. The second kappa shape index (κ2) is 8.73. The number of carboxylic acids is 1. The summed E-state index contributed by atoms with van der Waals surface area (Å²) in [6.07, 6.45) is 1.53. The Bertz CT molecular complexity index is 813. The van der Waals surface area contributed by atoms with Crippen molar-refractivity contribution in [2.75, 3.05) is 27.3 Å². The Balaban J connectivity index is 2.21. The first kappa shape index (κ1) is 20.5. The van der Waals surface area contributed by atoms with E-state index >= 15 is 0 Å². The highest BCUT2D eigenvalue weighted by Gasteiger charge is 2.33. The van der Waals surface area contributed by atoms with E-state index in [-0.39, 0.29) is 33.0 Å². The van der Waals surface area contributed by atoms with E-state index in [0.29, 0.717) is 5.56 Å². The summed E-state index contributed by atoms with van der Waals surface area (Å²) in [6.45, 7) is -0.923. The number of benzene rings is 1. The third-order valence-corrected chi connectivity index (χ3v) is 4.79. The number of phenolic OH excluding ortho intramolecular Hbond substituents is 1. The SMILES string of the molecule is COc1cc(/C=C2\SC(=S)N(CC(=O)NCC(=O)O)C2=O)cc(OC)c1O. The normalized spacial score (nSPS) is 15.2. The molecule has 0 aromatic heterocycles. The van der Waals surface area contributed by atoms with Gasteiger partial charge in [-0.25, -0.2) is 0 Å². The first-order valence-electron chi connectivity index (χ1n) is 7.45. The number of aliphatic carboxylic acids is 1. The number of thioether (sulfide) groups is 1. The van der Waals surface area contributed by atoms with Crippen LogP contribution in [0.25, 0.3) is 6.08 Å². The number of hydrogen-bond donors (Lipinski definition) is 3. The van der Waals surface area contributed by atoms with Gasteiger partial charge in [-0.05, 0) is 23.8 Å². The molecule has 0 unspecified atom stereocenters. The van der Waals surface area contributed by atoms with Crippen LogP contribution in [0, 0.1) is 0 Å². The van der Waals surface area contributed by atoms with E-state index in [4.69, 9.17) is 26.8 Å². The zero-order valence-corrected chi connectivity index (χ0v) is 16.0. The number of hydrogen-bond acceptors (Lipinski definition) is 8. The Morgan fingerprint density at radius 1 is 1.30 bits per heavy atom. The molecule has 1 saturated heterocycles. The fraction of sp³-hybridized carbons (Fsp3) is 0.250. The molecule has 1 aliphatic rings. The first-order chi connectivity index (χ1) is 12.8. The summed E-state index contributed by atoms with van der Waals surface area (Å²) in [5.74, 6) is -2.14. The van der Waals surface area contributed by atoms with Crippen molar-refractivity contribution in [3.05, 3.63) is 22.6 Å². The van der Waals surface area contributed by atoms with Crippen LogP contribution >= 0.6 is 24.0 Å². The second-order valence-electron chi connectivity index (χ2n) is 5.21. The van der Waals surface area contributed by atoms with Crippen LogP contribution in [0.5, 0.6) is 17.2 Å². The van der Waals surface area contributed by atoms with Gasteiger partial charge in [0.2, 0.25) is 11.7 Å². The molecule has 0 spiro atoms. The largest absolute Gasteiger partial charge is 0.502 e. The van der Waals surface area contributed by atoms with Crippen LogP contribution in [-0.4, -0.2) is 64.5 Å². The summed E-state index contributed by atoms with van der Waals surface area (Å²) in [4.78, 5) is 36.1. The highest BCUT2D eigenvalue weighted by molar-refractivity contribution is 8.26. The Kier molecular flexibility index (Phi) is 6.64. The number of ether oxygens (including phenoxy) is 2. The molecule has 1 fully saturated rings. The molecule has 0 aliphatic carbocycles. The predicted molar refractivity (Wildman–Crippen MR) is 102 cm³/mol. The summed E-state index contributed by atoms with van der Waals surface area (Å²) in [5.41, 5.74) is 0.525. The molecular weight excluding hydrogens is 396 g/mol. The molecule has 0 saturated carbocycles. The van der Waals surface area contributed by atoms with E-state index in [1.54, 1.807) is 0 Å². The lowest BCUT2D eigenvalue weighted by molar-refractivity contribution is -0.138. The lowest BCUT2D eigenvalue weighted by Crippen LogP contribution is -2.41. The minimum Gasteiger partial charge on any atom is -0.502 e. The standard InChI is InChI=1S/C16H16N2O7S2/c1-24-9-3-8(4-10(25-2)14(9)22)5-11-15(23)18(16(26)27-11)7-12(19)17-6-13(20)21/h3-5,22H,6-7H2,1-2H3,(H,17,19)(H,20,21)/b11-5-. The number of rotatable bonds is 7. The van der Waals surface area contributed by atoms with Crippen LogP contribution in [0.2, 0.25) is 0 Å². The molecule has 3 N–H and O–H groups in total. The molecule has 11 heteroatoms. The summed E-state index contributed by atoms with van der Waals surface area (Å²) in [7, 11) is 2.76. The average Bonchev–Trinajstić information content (AvgIpc) is 2.88. The van der Waals surface area contributed by atoms with Crippen LogP contribution in [0.3, 0.4) is 0 Å². The number of amides is 2.